The van der Waals surface area contributed by atoms with Crippen LogP contribution in [0.15, 0.2) is 23.1 Å². The van der Waals surface area contributed by atoms with Gasteiger partial charge in [-0.05, 0) is 31.0 Å². The summed E-state index contributed by atoms with van der Waals surface area (Å²) < 4.78 is 5.57. The summed E-state index contributed by atoms with van der Waals surface area (Å²) >= 11 is 1.66. The van der Waals surface area contributed by atoms with Crippen molar-refractivity contribution in [2.24, 2.45) is 0 Å². The first-order valence-corrected chi connectivity index (χ1v) is 7.05. The minimum Gasteiger partial charge on any atom is -0.398 e. The number of thioether (sulfide) groups is 1. The second-order valence-electron chi connectivity index (χ2n) is 4.28. The van der Waals surface area contributed by atoms with Gasteiger partial charge in [-0.3, -0.25) is 4.79 Å². The van der Waals surface area contributed by atoms with E-state index < -0.39 is 0 Å². The van der Waals surface area contributed by atoms with Gasteiger partial charge in [0.05, 0.1) is 6.10 Å². The van der Waals surface area contributed by atoms with Crippen LogP contribution in [0.4, 0.5) is 5.69 Å². The van der Waals surface area contributed by atoms with E-state index in [2.05, 4.69) is 5.32 Å². The Bertz CT molecular complexity index is 431. The van der Waals surface area contributed by atoms with Gasteiger partial charge in [0.25, 0.3) is 5.91 Å². The molecule has 0 aliphatic carbocycles. The van der Waals surface area contributed by atoms with E-state index in [-0.39, 0.29) is 5.91 Å². The molecule has 1 heterocycles. The normalized spacial score (nSPS) is 18.8. The van der Waals surface area contributed by atoms with Crippen molar-refractivity contribution in [3.05, 3.63) is 23.8 Å². The van der Waals surface area contributed by atoms with Crippen molar-refractivity contribution in [1.29, 1.82) is 0 Å². The Morgan fingerprint density at radius 3 is 3.11 bits per heavy atom. The van der Waals surface area contributed by atoms with Gasteiger partial charge in [0.15, 0.2) is 0 Å². The largest absolute Gasteiger partial charge is 0.398 e. The molecule has 1 aromatic carbocycles. The molecule has 1 saturated heterocycles. The third-order valence-electron chi connectivity index (χ3n) is 2.95. The molecular formula is C13H18N2O2S. The van der Waals surface area contributed by atoms with E-state index in [0.717, 1.165) is 30.1 Å². The number of hydrogen-bond acceptors (Lipinski definition) is 4. The molecule has 1 aliphatic heterocycles. The van der Waals surface area contributed by atoms with Crippen LogP contribution in [0.1, 0.15) is 23.2 Å². The smallest absolute Gasteiger partial charge is 0.251 e. The first-order valence-electron chi connectivity index (χ1n) is 6.06. The quantitative estimate of drug-likeness (QED) is 0.645. The molecule has 1 amide bonds. The average molecular weight is 266 g/mol. The highest BCUT2D eigenvalue weighted by molar-refractivity contribution is 7.99. The first kappa shape index (κ1) is 13.2. The summed E-state index contributed by atoms with van der Waals surface area (Å²) in [6.45, 7) is 0.860. The van der Waals surface area contributed by atoms with Crippen molar-refractivity contribution in [2.45, 2.75) is 23.8 Å². The number of nitrogens with two attached hydrogens (primary N) is 1. The Morgan fingerprint density at radius 1 is 1.61 bits per heavy atom. The maximum atomic E-state index is 11.6. The minimum absolute atomic E-state index is 0.0889. The summed E-state index contributed by atoms with van der Waals surface area (Å²) in [6, 6.07) is 5.36. The van der Waals surface area contributed by atoms with Crippen LogP contribution < -0.4 is 11.1 Å². The van der Waals surface area contributed by atoms with Crippen LogP contribution >= 0.6 is 11.8 Å². The topological polar surface area (TPSA) is 64.4 Å². The van der Waals surface area contributed by atoms with Crippen LogP contribution in [0.2, 0.25) is 0 Å². The predicted octanol–water partition coefficient (Wildman–Crippen LogP) is 1.90. The van der Waals surface area contributed by atoms with Crippen molar-refractivity contribution in [2.75, 3.05) is 25.1 Å². The Kier molecular flexibility index (Phi) is 4.49. The highest BCUT2D eigenvalue weighted by atomic mass is 32.2. The average Bonchev–Trinajstić information content (AvgIpc) is 2.90. The lowest BCUT2D eigenvalue weighted by atomic mass is 10.2. The second-order valence-corrected chi connectivity index (χ2v) is 5.34. The highest BCUT2D eigenvalue weighted by Gasteiger charge is 2.16. The molecule has 18 heavy (non-hydrogen) atoms. The second kappa shape index (κ2) is 6.11. The molecule has 1 fully saturated rings. The molecular weight excluding hydrogens is 248 g/mol. The fourth-order valence-electron chi connectivity index (χ4n) is 1.90. The van der Waals surface area contributed by atoms with Gasteiger partial charge in [0.1, 0.15) is 0 Å². The molecule has 4 nitrogen and oxygen atoms in total. The number of nitrogen functional groups attached to an aromatic ring is 1. The number of hydrogen-bond donors (Lipinski definition) is 2. The monoisotopic (exact) mass is 266 g/mol. The van der Waals surface area contributed by atoms with Crippen LogP contribution in [0.25, 0.3) is 0 Å². The van der Waals surface area contributed by atoms with E-state index in [4.69, 9.17) is 10.5 Å². The third-order valence-corrected chi connectivity index (χ3v) is 4.15. The van der Waals surface area contributed by atoms with E-state index in [1.54, 1.807) is 30.9 Å². The fraction of sp³-hybridized carbons (Fsp3) is 0.462. The van der Waals surface area contributed by atoms with Crippen LogP contribution in [0, 0.1) is 0 Å². The van der Waals surface area contributed by atoms with Crippen LogP contribution in [-0.4, -0.2) is 31.4 Å². The zero-order chi connectivity index (χ0) is 13.0. The highest BCUT2D eigenvalue weighted by Crippen LogP contribution is 2.29. The van der Waals surface area contributed by atoms with Gasteiger partial charge in [0.2, 0.25) is 0 Å². The zero-order valence-electron chi connectivity index (χ0n) is 10.4. The summed E-state index contributed by atoms with van der Waals surface area (Å²) in [5, 5.41) is 2.61. The molecule has 5 heteroatoms. The van der Waals surface area contributed by atoms with E-state index in [1.165, 1.54) is 0 Å². The van der Waals surface area contributed by atoms with Crippen molar-refractivity contribution >= 4 is 23.4 Å². The number of carbonyl (C=O) groups is 1. The Hall–Kier alpha value is -1.20. The Morgan fingerprint density at radius 2 is 2.44 bits per heavy atom. The summed E-state index contributed by atoms with van der Waals surface area (Å²) in [5.41, 5.74) is 7.28. The van der Waals surface area contributed by atoms with Gasteiger partial charge in [-0.25, -0.2) is 0 Å². The summed E-state index contributed by atoms with van der Waals surface area (Å²) in [6.07, 6.45) is 2.57. The number of nitrogens with one attached hydrogen (secondary N) is 1. The molecule has 0 radical (unpaired) electrons. The van der Waals surface area contributed by atoms with E-state index in [9.17, 15) is 4.79 Å². The summed E-state index contributed by atoms with van der Waals surface area (Å²) in [7, 11) is 1.62. The van der Waals surface area contributed by atoms with Gasteiger partial charge >= 0.3 is 0 Å². The van der Waals surface area contributed by atoms with Gasteiger partial charge in [-0.15, -0.1) is 11.8 Å². The van der Waals surface area contributed by atoms with E-state index in [0.29, 0.717) is 17.4 Å². The molecule has 2 rings (SSSR count). The molecule has 1 unspecified atom stereocenters. The van der Waals surface area contributed by atoms with Gasteiger partial charge in [0, 0.05) is 35.6 Å². The standard InChI is InChI=1S/C13H18N2O2S/c1-15-13(16)9-4-5-11(14)12(7-9)18-8-10-3-2-6-17-10/h4-5,7,10H,2-3,6,8,14H2,1H3,(H,15,16). The number of carbonyl (C=O) groups excluding carboxylic acids is 1. The lowest BCUT2D eigenvalue weighted by molar-refractivity contribution is 0.0963. The van der Waals surface area contributed by atoms with Crippen molar-refractivity contribution in [1.82, 2.24) is 5.32 Å². The molecule has 0 saturated carbocycles. The van der Waals surface area contributed by atoms with Crippen molar-refractivity contribution in [3.63, 3.8) is 0 Å². The lowest BCUT2D eigenvalue weighted by Gasteiger charge is -2.11. The van der Waals surface area contributed by atoms with Crippen molar-refractivity contribution < 1.29 is 9.53 Å². The van der Waals surface area contributed by atoms with E-state index in [1.807, 2.05) is 6.07 Å². The Balaban J connectivity index is 2.03. The van der Waals surface area contributed by atoms with Crippen LogP contribution in [0.3, 0.4) is 0 Å². The lowest BCUT2D eigenvalue weighted by Crippen LogP contribution is -2.17. The first-order chi connectivity index (χ1) is 8.70. The zero-order valence-corrected chi connectivity index (χ0v) is 11.3. The fourth-order valence-corrected chi connectivity index (χ4v) is 2.98. The number of ether oxygens (including phenoxy) is 1. The SMILES string of the molecule is CNC(=O)c1ccc(N)c(SCC2CCCO2)c1. The third kappa shape index (κ3) is 3.17. The molecule has 0 aromatic heterocycles. The number of benzene rings is 1. The number of anilines is 1. The van der Waals surface area contributed by atoms with E-state index >= 15 is 0 Å². The van der Waals surface area contributed by atoms with Gasteiger partial charge in [-0.1, -0.05) is 0 Å². The maximum absolute atomic E-state index is 11.6. The van der Waals surface area contributed by atoms with Crippen molar-refractivity contribution in [3.8, 4) is 0 Å². The molecule has 3 N–H and O–H groups in total. The Labute approximate surface area is 111 Å². The van der Waals surface area contributed by atoms with Gasteiger partial charge < -0.3 is 15.8 Å². The minimum atomic E-state index is -0.0889. The number of amides is 1. The summed E-state index contributed by atoms with van der Waals surface area (Å²) in [5.74, 6) is 0.801. The maximum Gasteiger partial charge on any atom is 0.251 e. The molecule has 98 valence electrons. The molecule has 1 atom stereocenters. The predicted molar refractivity (Wildman–Crippen MR) is 73.9 cm³/mol. The summed E-state index contributed by atoms with van der Waals surface area (Å²) in [4.78, 5) is 12.5. The molecule has 0 spiro atoms. The van der Waals surface area contributed by atoms with Crippen LogP contribution in [0.5, 0.6) is 0 Å². The van der Waals surface area contributed by atoms with Crippen LogP contribution in [-0.2, 0) is 4.74 Å². The molecule has 1 aliphatic rings. The number of rotatable bonds is 4. The molecule has 1 aromatic rings. The molecule has 0 bridgehead atoms. The van der Waals surface area contributed by atoms with Gasteiger partial charge in [-0.2, -0.15) is 0 Å².